The largest absolute Gasteiger partial charge is 0.496 e. The smallest absolute Gasteiger partial charge is 0.128 e. The molecule has 0 saturated heterocycles. The molecule has 0 aliphatic rings. The van der Waals surface area contributed by atoms with Crippen LogP contribution in [0.5, 0.6) is 5.75 Å². The Bertz CT molecular complexity index is 348. The fraction of sp³-hybridized carbons (Fsp3) is 0.615. The van der Waals surface area contributed by atoms with Gasteiger partial charge >= 0.3 is 0 Å². The molecule has 0 aromatic carbocycles. The van der Waals surface area contributed by atoms with Crippen molar-refractivity contribution in [2.45, 2.75) is 40.2 Å². The Morgan fingerprint density at radius 3 is 2.62 bits per heavy atom. The maximum absolute atomic E-state index is 5.38. The molecule has 0 radical (unpaired) electrons. The minimum atomic E-state index is 0.521. The van der Waals surface area contributed by atoms with E-state index in [0.29, 0.717) is 6.04 Å². The van der Waals surface area contributed by atoms with E-state index >= 15 is 0 Å². The van der Waals surface area contributed by atoms with E-state index in [1.54, 1.807) is 7.11 Å². The minimum absolute atomic E-state index is 0.521. The molecule has 0 spiro atoms. The summed E-state index contributed by atoms with van der Waals surface area (Å²) < 4.78 is 5.38. The fourth-order valence-corrected chi connectivity index (χ4v) is 1.80. The molecule has 1 N–H and O–H groups in total. The maximum atomic E-state index is 5.38. The molecule has 0 saturated carbocycles. The zero-order valence-electron chi connectivity index (χ0n) is 10.9. The van der Waals surface area contributed by atoms with Crippen LogP contribution in [-0.2, 0) is 6.42 Å². The van der Waals surface area contributed by atoms with Crippen molar-refractivity contribution in [2.75, 3.05) is 13.7 Å². The van der Waals surface area contributed by atoms with Gasteiger partial charge in [0.2, 0.25) is 0 Å². The van der Waals surface area contributed by atoms with Crippen molar-refractivity contribution in [3.05, 3.63) is 23.0 Å². The number of hydrogen-bond acceptors (Lipinski definition) is 3. The van der Waals surface area contributed by atoms with Crippen LogP contribution in [0.4, 0.5) is 0 Å². The van der Waals surface area contributed by atoms with Gasteiger partial charge in [0.25, 0.3) is 0 Å². The van der Waals surface area contributed by atoms with Crippen molar-refractivity contribution in [3.63, 3.8) is 0 Å². The quantitative estimate of drug-likeness (QED) is 0.829. The summed E-state index contributed by atoms with van der Waals surface area (Å²) in [6.07, 6.45) is 2.83. The summed E-state index contributed by atoms with van der Waals surface area (Å²) in [6.45, 7) is 9.35. The summed E-state index contributed by atoms with van der Waals surface area (Å²) >= 11 is 0. The van der Waals surface area contributed by atoms with Crippen LogP contribution in [0, 0.1) is 13.8 Å². The second kappa shape index (κ2) is 5.85. The number of hydrogen-bond donors (Lipinski definition) is 1. The van der Waals surface area contributed by atoms with E-state index in [2.05, 4.69) is 31.1 Å². The lowest BCUT2D eigenvalue weighted by Crippen LogP contribution is -2.25. The predicted molar refractivity (Wildman–Crippen MR) is 67.1 cm³/mol. The SMILES string of the molecule is COc1c(C)cnc(CCNC(C)C)c1C. The van der Waals surface area contributed by atoms with E-state index in [1.165, 1.54) is 0 Å². The average Bonchev–Trinajstić information content (AvgIpc) is 2.22. The van der Waals surface area contributed by atoms with Gasteiger partial charge in [0.05, 0.1) is 7.11 Å². The molecule has 1 aromatic rings. The summed E-state index contributed by atoms with van der Waals surface area (Å²) in [5.41, 5.74) is 3.38. The van der Waals surface area contributed by atoms with E-state index in [-0.39, 0.29) is 0 Å². The Morgan fingerprint density at radius 2 is 2.06 bits per heavy atom. The van der Waals surface area contributed by atoms with Gasteiger partial charge in [-0.25, -0.2) is 0 Å². The Hall–Kier alpha value is -1.09. The number of aryl methyl sites for hydroxylation is 1. The molecule has 0 fully saturated rings. The van der Waals surface area contributed by atoms with Crippen LogP contribution in [0.25, 0.3) is 0 Å². The first kappa shape index (κ1) is 13.0. The molecule has 0 aliphatic carbocycles. The third-order valence-electron chi connectivity index (χ3n) is 2.66. The summed E-state index contributed by atoms with van der Waals surface area (Å²) in [5.74, 6) is 0.967. The molecule has 1 heterocycles. The molecule has 0 bridgehead atoms. The molecule has 1 aromatic heterocycles. The Labute approximate surface area is 98.2 Å². The van der Waals surface area contributed by atoms with Crippen molar-refractivity contribution >= 4 is 0 Å². The van der Waals surface area contributed by atoms with E-state index in [0.717, 1.165) is 35.5 Å². The van der Waals surface area contributed by atoms with Crippen molar-refractivity contribution < 1.29 is 4.74 Å². The molecule has 0 aliphatic heterocycles. The van der Waals surface area contributed by atoms with Gasteiger partial charge in [-0.3, -0.25) is 4.98 Å². The van der Waals surface area contributed by atoms with Crippen LogP contribution in [-0.4, -0.2) is 24.7 Å². The molecular weight excluding hydrogens is 200 g/mol. The van der Waals surface area contributed by atoms with Crippen LogP contribution in [0.15, 0.2) is 6.20 Å². The molecule has 90 valence electrons. The molecule has 1 rings (SSSR count). The number of ether oxygens (including phenoxy) is 1. The van der Waals surface area contributed by atoms with E-state index in [1.807, 2.05) is 13.1 Å². The molecular formula is C13H22N2O. The topological polar surface area (TPSA) is 34.1 Å². The number of nitrogens with one attached hydrogen (secondary N) is 1. The van der Waals surface area contributed by atoms with Crippen LogP contribution in [0.3, 0.4) is 0 Å². The molecule has 3 nitrogen and oxygen atoms in total. The van der Waals surface area contributed by atoms with E-state index in [4.69, 9.17) is 4.74 Å². The van der Waals surface area contributed by atoms with Crippen LogP contribution >= 0.6 is 0 Å². The highest BCUT2D eigenvalue weighted by molar-refractivity contribution is 5.41. The normalized spacial score (nSPS) is 10.9. The first-order valence-corrected chi connectivity index (χ1v) is 5.78. The molecule has 3 heteroatoms. The lowest BCUT2D eigenvalue weighted by molar-refractivity contribution is 0.406. The average molecular weight is 222 g/mol. The predicted octanol–water partition coefficient (Wildman–Crippen LogP) is 2.25. The summed E-state index contributed by atoms with van der Waals surface area (Å²) in [5, 5.41) is 3.39. The zero-order valence-corrected chi connectivity index (χ0v) is 10.9. The maximum Gasteiger partial charge on any atom is 0.128 e. The van der Waals surface area contributed by atoms with Crippen LogP contribution < -0.4 is 10.1 Å². The van der Waals surface area contributed by atoms with E-state index in [9.17, 15) is 0 Å². The molecule has 0 amide bonds. The monoisotopic (exact) mass is 222 g/mol. The second-order valence-electron chi connectivity index (χ2n) is 4.40. The van der Waals surface area contributed by atoms with Crippen molar-refractivity contribution in [1.29, 1.82) is 0 Å². The lowest BCUT2D eigenvalue weighted by atomic mass is 10.1. The number of methoxy groups -OCH3 is 1. The van der Waals surface area contributed by atoms with Crippen molar-refractivity contribution in [1.82, 2.24) is 10.3 Å². The number of pyridine rings is 1. The highest BCUT2D eigenvalue weighted by atomic mass is 16.5. The van der Waals surface area contributed by atoms with Gasteiger partial charge in [0.15, 0.2) is 0 Å². The highest BCUT2D eigenvalue weighted by Crippen LogP contribution is 2.23. The van der Waals surface area contributed by atoms with Gasteiger partial charge in [-0.15, -0.1) is 0 Å². The van der Waals surface area contributed by atoms with Gasteiger partial charge in [0.1, 0.15) is 5.75 Å². The van der Waals surface area contributed by atoms with Gasteiger partial charge in [-0.05, 0) is 13.8 Å². The van der Waals surface area contributed by atoms with Crippen LogP contribution in [0.1, 0.15) is 30.7 Å². The molecule has 0 atom stereocenters. The van der Waals surface area contributed by atoms with Gasteiger partial charge in [-0.2, -0.15) is 0 Å². The van der Waals surface area contributed by atoms with Gasteiger partial charge in [-0.1, -0.05) is 13.8 Å². The summed E-state index contributed by atoms with van der Waals surface area (Å²) in [4.78, 5) is 4.46. The summed E-state index contributed by atoms with van der Waals surface area (Å²) in [6, 6.07) is 0.521. The molecule has 0 unspecified atom stereocenters. The van der Waals surface area contributed by atoms with Gasteiger partial charge in [0, 0.05) is 42.0 Å². The summed E-state index contributed by atoms with van der Waals surface area (Å²) in [7, 11) is 1.71. The second-order valence-corrected chi connectivity index (χ2v) is 4.40. The zero-order chi connectivity index (χ0) is 12.1. The first-order valence-electron chi connectivity index (χ1n) is 5.78. The first-order chi connectivity index (χ1) is 7.56. The van der Waals surface area contributed by atoms with Gasteiger partial charge < -0.3 is 10.1 Å². The molecule has 16 heavy (non-hydrogen) atoms. The lowest BCUT2D eigenvalue weighted by Gasteiger charge is -2.13. The Morgan fingerprint density at radius 1 is 1.38 bits per heavy atom. The Balaban J connectivity index is 2.74. The number of rotatable bonds is 5. The van der Waals surface area contributed by atoms with Crippen LogP contribution in [0.2, 0.25) is 0 Å². The van der Waals surface area contributed by atoms with Crippen molar-refractivity contribution in [2.24, 2.45) is 0 Å². The third-order valence-corrected chi connectivity index (χ3v) is 2.66. The Kier molecular flexibility index (Phi) is 4.74. The minimum Gasteiger partial charge on any atom is -0.496 e. The third kappa shape index (κ3) is 3.20. The van der Waals surface area contributed by atoms with Crippen molar-refractivity contribution in [3.8, 4) is 5.75 Å². The number of nitrogens with zero attached hydrogens (tertiary/aromatic N) is 1. The fourth-order valence-electron chi connectivity index (χ4n) is 1.80. The van der Waals surface area contributed by atoms with E-state index < -0.39 is 0 Å². The highest BCUT2D eigenvalue weighted by Gasteiger charge is 2.08. The number of aromatic nitrogens is 1. The standard InChI is InChI=1S/C13H22N2O/c1-9(2)14-7-6-12-11(4)13(16-5)10(3)8-15-12/h8-9,14H,6-7H2,1-5H3.